The smallest absolute Gasteiger partial charge is 0.339 e. The number of rotatable bonds is 8. The van der Waals surface area contributed by atoms with E-state index >= 15 is 0 Å². The Balaban J connectivity index is 1.35. The number of hydrogen-bond donors (Lipinski definition) is 2. The van der Waals surface area contributed by atoms with Crippen LogP contribution < -0.4 is 9.47 Å². The average Bonchev–Trinajstić information content (AvgIpc) is 3.18. The summed E-state index contributed by atoms with van der Waals surface area (Å²) >= 11 is 0. The number of carbonyl (C=O) groups is 2. The van der Waals surface area contributed by atoms with Crippen molar-refractivity contribution >= 4 is 33.5 Å². The van der Waals surface area contributed by atoms with Crippen LogP contribution in [0.1, 0.15) is 34.6 Å². The Bertz CT molecular complexity index is 1380. The van der Waals surface area contributed by atoms with Crippen LogP contribution in [0.25, 0.3) is 21.5 Å². The Morgan fingerprint density at radius 1 is 0.703 bits per heavy atom. The Morgan fingerprint density at radius 2 is 1.05 bits per heavy atom. The molecule has 0 radical (unpaired) electrons. The van der Waals surface area contributed by atoms with Gasteiger partial charge in [0.15, 0.2) is 5.79 Å². The lowest BCUT2D eigenvalue weighted by Gasteiger charge is -2.19. The summed E-state index contributed by atoms with van der Waals surface area (Å²) in [4.78, 5) is 23.7. The second kappa shape index (κ2) is 9.72. The third-order valence-electron chi connectivity index (χ3n) is 6.25. The van der Waals surface area contributed by atoms with Gasteiger partial charge in [0.2, 0.25) is 0 Å². The van der Waals surface area contributed by atoms with E-state index in [9.17, 15) is 19.8 Å². The van der Waals surface area contributed by atoms with Crippen molar-refractivity contribution in [1.82, 2.24) is 0 Å². The van der Waals surface area contributed by atoms with Crippen molar-refractivity contribution in [2.45, 2.75) is 31.8 Å². The van der Waals surface area contributed by atoms with Crippen LogP contribution in [0.4, 0.5) is 0 Å². The van der Waals surface area contributed by atoms with Crippen molar-refractivity contribution in [3.8, 4) is 11.5 Å². The van der Waals surface area contributed by atoms with Crippen LogP contribution in [-0.2, 0) is 9.47 Å². The minimum Gasteiger partial charge on any atom is -0.490 e. The lowest BCUT2D eigenvalue weighted by molar-refractivity contribution is -0.150. The van der Waals surface area contributed by atoms with Crippen LogP contribution in [0.3, 0.4) is 0 Å². The molecule has 0 aliphatic carbocycles. The highest BCUT2D eigenvalue weighted by atomic mass is 16.8. The quantitative estimate of drug-likeness (QED) is 0.331. The van der Waals surface area contributed by atoms with Crippen molar-refractivity contribution in [3.05, 3.63) is 83.9 Å². The summed E-state index contributed by atoms with van der Waals surface area (Å²) in [6.45, 7) is 3.55. The Kier molecular flexibility index (Phi) is 6.45. The molecule has 8 heteroatoms. The van der Waals surface area contributed by atoms with E-state index in [1.807, 2.05) is 48.5 Å². The predicted octanol–water partition coefficient (Wildman–Crippen LogP) is 5.37. The Morgan fingerprint density at radius 3 is 1.41 bits per heavy atom. The third kappa shape index (κ3) is 5.21. The van der Waals surface area contributed by atoms with Crippen LogP contribution in [0.15, 0.2) is 72.8 Å². The maximum atomic E-state index is 11.9. The summed E-state index contributed by atoms with van der Waals surface area (Å²) < 4.78 is 23.9. The zero-order valence-corrected chi connectivity index (χ0v) is 20.3. The minimum atomic E-state index is -1.10. The third-order valence-corrected chi connectivity index (χ3v) is 6.25. The molecule has 1 aliphatic rings. The highest BCUT2D eigenvalue weighted by Crippen LogP contribution is 2.32. The van der Waals surface area contributed by atoms with E-state index in [4.69, 9.17) is 18.9 Å². The van der Waals surface area contributed by atoms with Gasteiger partial charge in [0.05, 0.1) is 0 Å². The highest BCUT2D eigenvalue weighted by molar-refractivity contribution is 5.98. The molecular weight excluding hydrogens is 476 g/mol. The Labute approximate surface area is 212 Å². The molecule has 5 rings (SSSR count). The molecule has 0 aromatic heterocycles. The lowest BCUT2D eigenvalue weighted by Crippen LogP contribution is -2.34. The second-order valence-electron chi connectivity index (χ2n) is 9.34. The monoisotopic (exact) mass is 502 g/mol. The summed E-state index contributed by atoms with van der Waals surface area (Å²) in [6, 6.07) is 21.4. The SMILES string of the molecule is CC1(C)O[C@@H](COc2cc3ccccc3cc2C(=O)O)[C@H](COc2cc3ccccc3cc2C(=O)O)O1. The number of carboxylic acid groups (broad SMARTS) is 2. The van der Waals surface area contributed by atoms with Crippen LogP contribution in [0.2, 0.25) is 0 Å². The number of hydrogen-bond acceptors (Lipinski definition) is 6. The van der Waals surface area contributed by atoms with Gasteiger partial charge in [-0.1, -0.05) is 48.5 Å². The first-order valence-electron chi connectivity index (χ1n) is 11.8. The molecule has 190 valence electrons. The van der Waals surface area contributed by atoms with Gasteiger partial charge in [0.1, 0.15) is 48.0 Å². The van der Waals surface area contributed by atoms with E-state index in [0.717, 1.165) is 21.5 Å². The molecule has 1 aliphatic heterocycles. The zero-order chi connectivity index (χ0) is 26.2. The van der Waals surface area contributed by atoms with Crippen LogP contribution >= 0.6 is 0 Å². The van der Waals surface area contributed by atoms with Crippen molar-refractivity contribution in [2.75, 3.05) is 13.2 Å². The van der Waals surface area contributed by atoms with Gasteiger partial charge < -0.3 is 29.2 Å². The minimum absolute atomic E-state index is 0.0135. The van der Waals surface area contributed by atoms with Gasteiger partial charge in [0, 0.05) is 0 Å². The van der Waals surface area contributed by atoms with Crippen molar-refractivity contribution in [1.29, 1.82) is 0 Å². The topological polar surface area (TPSA) is 112 Å². The molecule has 0 unspecified atom stereocenters. The van der Waals surface area contributed by atoms with Crippen molar-refractivity contribution in [2.24, 2.45) is 0 Å². The summed E-state index contributed by atoms with van der Waals surface area (Å²) in [7, 11) is 0. The van der Waals surface area contributed by atoms with Gasteiger partial charge in [0.25, 0.3) is 0 Å². The van der Waals surface area contributed by atoms with Crippen molar-refractivity contribution < 1.29 is 38.7 Å². The summed E-state index contributed by atoms with van der Waals surface area (Å²) in [5.41, 5.74) is 0.0962. The molecule has 1 saturated heterocycles. The molecule has 4 aromatic rings. The highest BCUT2D eigenvalue weighted by Gasteiger charge is 2.42. The molecule has 2 atom stereocenters. The molecule has 0 saturated carbocycles. The predicted molar refractivity (Wildman–Crippen MR) is 137 cm³/mol. The fourth-order valence-corrected chi connectivity index (χ4v) is 4.55. The molecular formula is C29H26O8. The fourth-order valence-electron chi connectivity index (χ4n) is 4.55. The van der Waals surface area contributed by atoms with Gasteiger partial charge in [-0.2, -0.15) is 0 Å². The lowest BCUT2D eigenvalue weighted by atomic mass is 10.1. The molecule has 1 heterocycles. The molecule has 0 bridgehead atoms. The number of ether oxygens (including phenoxy) is 4. The van der Waals surface area contributed by atoms with E-state index < -0.39 is 29.9 Å². The van der Waals surface area contributed by atoms with Crippen LogP contribution in [-0.4, -0.2) is 53.4 Å². The molecule has 0 amide bonds. The van der Waals surface area contributed by atoms with E-state index in [1.165, 1.54) is 0 Å². The van der Waals surface area contributed by atoms with Crippen LogP contribution in [0, 0.1) is 0 Å². The number of aromatic carboxylic acids is 2. The fraction of sp³-hybridized carbons (Fsp3) is 0.241. The van der Waals surface area contributed by atoms with Crippen molar-refractivity contribution in [3.63, 3.8) is 0 Å². The number of carboxylic acids is 2. The van der Waals surface area contributed by atoms with Crippen LogP contribution in [0.5, 0.6) is 11.5 Å². The first-order valence-corrected chi connectivity index (χ1v) is 11.8. The molecule has 37 heavy (non-hydrogen) atoms. The van der Waals surface area contributed by atoms with E-state index in [-0.39, 0.29) is 35.8 Å². The van der Waals surface area contributed by atoms with Gasteiger partial charge in [-0.15, -0.1) is 0 Å². The largest absolute Gasteiger partial charge is 0.490 e. The summed E-state index contributed by atoms with van der Waals surface area (Å²) in [5, 5.41) is 22.7. The average molecular weight is 503 g/mol. The first kappa shape index (κ1) is 24.5. The molecule has 2 N–H and O–H groups in total. The normalized spacial score (nSPS) is 18.6. The zero-order valence-electron chi connectivity index (χ0n) is 20.3. The second-order valence-corrected chi connectivity index (χ2v) is 9.34. The maximum absolute atomic E-state index is 11.9. The van der Waals surface area contributed by atoms with Gasteiger partial charge in [-0.3, -0.25) is 0 Å². The van der Waals surface area contributed by atoms with E-state index in [1.54, 1.807) is 38.1 Å². The summed E-state index contributed by atoms with van der Waals surface area (Å²) in [6.07, 6.45) is -1.17. The van der Waals surface area contributed by atoms with E-state index in [2.05, 4.69) is 0 Å². The number of fused-ring (bicyclic) bond motifs is 2. The molecule has 1 fully saturated rings. The molecule has 0 spiro atoms. The first-order chi connectivity index (χ1) is 17.7. The molecule has 8 nitrogen and oxygen atoms in total. The van der Waals surface area contributed by atoms with Gasteiger partial charge in [-0.05, 0) is 59.7 Å². The number of benzene rings is 4. The van der Waals surface area contributed by atoms with Gasteiger partial charge in [-0.25, -0.2) is 9.59 Å². The maximum Gasteiger partial charge on any atom is 0.339 e. The van der Waals surface area contributed by atoms with Gasteiger partial charge >= 0.3 is 11.9 Å². The standard InChI is InChI=1S/C29H26O8/c1-29(2)36-25(15-34-23-13-19-9-5-3-7-17(19)11-21(23)27(30)31)26(37-29)16-35-24-14-20-10-6-4-8-18(20)12-22(24)28(32)33/h3-14,25-26H,15-16H2,1-2H3,(H,30,31)(H,32,33)/t25-,26-/m0/s1. The Hall–Kier alpha value is -4.14. The van der Waals surface area contributed by atoms with E-state index in [0.29, 0.717) is 0 Å². The summed E-state index contributed by atoms with van der Waals surface area (Å²) in [5.74, 6) is -2.67. The molecule has 4 aromatic carbocycles.